The van der Waals surface area contributed by atoms with Crippen LogP contribution in [0.2, 0.25) is 0 Å². The molecular formula is C18H33N3O2. The van der Waals surface area contributed by atoms with E-state index in [1.807, 2.05) is 11.9 Å². The molecule has 5 heteroatoms. The fourth-order valence-electron chi connectivity index (χ4n) is 3.83. The number of rotatable bonds is 8. The topological polar surface area (TPSA) is 61.4 Å². The molecule has 1 saturated heterocycles. The number of piperidine rings is 1. The van der Waals surface area contributed by atoms with Crippen LogP contribution in [0.3, 0.4) is 0 Å². The molecule has 2 fully saturated rings. The Morgan fingerprint density at radius 1 is 1.00 bits per heavy atom. The summed E-state index contributed by atoms with van der Waals surface area (Å²) in [6.07, 6.45) is 10.1. The predicted molar refractivity (Wildman–Crippen MR) is 92.0 cm³/mol. The van der Waals surface area contributed by atoms with Gasteiger partial charge in [-0.25, -0.2) is 0 Å². The quantitative estimate of drug-likeness (QED) is 0.717. The van der Waals surface area contributed by atoms with Gasteiger partial charge in [-0.15, -0.1) is 0 Å². The van der Waals surface area contributed by atoms with Crippen molar-refractivity contribution in [1.29, 1.82) is 0 Å². The van der Waals surface area contributed by atoms with Crippen molar-refractivity contribution in [2.75, 3.05) is 33.2 Å². The van der Waals surface area contributed by atoms with Crippen LogP contribution < -0.4 is 10.6 Å². The molecule has 2 rings (SSSR count). The first-order valence-corrected chi connectivity index (χ1v) is 9.38. The molecule has 0 atom stereocenters. The van der Waals surface area contributed by atoms with E-state index in [4.69, 9.17) is 0 Å². The molecule has 0 unspecified atom stereocenters. The number of hydrogen-bond acceptors (Lipinski definition) is 3. The van der Waals surface area contributed by atoms with Gasteiger partial charge in [0.1, 0.15) is 0 Å². The van der Waals surface area contributed by atoms with Crippen molar-refractivity contribution < 1.29 is 9.59 Å². The Hall–Kier alpha value is -1.10. The lowest BCUT2D eigenvalue weighted by Crippen LogP contribution is -2.44. The Morgan fingerprint density at radius 2 is 1.65 bits per heavy atom. The summed E-state index contributed by atoms with van der Waals surface area (Å²) in [4.78, 5) is 26.0. The van der Waals surface area contributed by atoms with Crippen molar-refractivity contribution in [2.24, 2.45) is 11.8 Å². The zero-order chi connectivity index (χ0) is 16.5. The first-order valence-electron chi connectivity index (χ1n) is 9.38. The maximum Gasteiger partial charge on any atom is 0.241 e. The summed E-state index contributed by atoms with van der Waals surface area (Å²) in [7, 11) is 1.98. The van der Waals surface area contributed by atoms with E-state index < -0.39 is 0 Å². The lowest BCUT2D eigenvalue weighted by atomic mass is 9.93. The van der Waals surface area contributed by atoms with E-state index in [9.17, 15) is 9.59 Å². The van der Waals surface area contributed by atoms with Crippen molar-refractivity contribution in [3.05, 3.63) is 0 Å². The predicted octanol–water partition coefficient (Wildman–Crippen LogP) is 1.92. The Morgan fingerprint density at radius 3 is 2.30 bits per heavy atom. The van der Waals surface area contributed by atoms with Gasteiger partial charge in [0.25, 0.3) is 0 Å². The van der Waals surface area contributed by atoms with E-state index in [-0.39, 0.29) is 18.4 Å². The Kier molecular flexibility index (Phi) is 7.86. The first-order chi connectivity index (χ1) is 11.2. The molecule has 1 heterocycles. The summed E-state index contributed by atoms with van der Waals surface area (Å²) in [5.74, 6) is 1.57. The SMILES string of the molecule is CNCCC1CCN(C(=O)CNC(=O)CCC2CCCC2)CC1. The molecule has 0 radical (unpaired) electrons. The lowest BCUT2D eigenvalue weighted by Gasteiger charge is -2.32. The van der Waals surface area contributed by atoms with Crippen LogP contribution in [0.5, 0.6) is 0 Å². The minimum Gasteiger partial charge on any atom is -0.347 e. The number of nitrogens with one attached hydrogen (secondary N) is 2. The maximum atomic E-state index is 12.2. The number of carbonyl (C=O) groups is 2. The molecule has 5 nitrogen and oxygen atoms in total. The molecule has 2 N–H and O–H groups in total. The molecule has 0 spiro atoms. The van der Waals surface area contributed by atoms with Crippen molar-refractivity contribution in [3.8, 4) is 0 Å². The zero-order valence-corrected chi connectivity index (χ0v) is 14.6. The fourth-order valence-corrected chi connectivity index (χ4v) is 3.83. The molecule has 23 heavy (non-hydrogen) atoms. The van der Waals surface area contributed by atoms with Gasteiger partial charge in [0.15, 0.2) is 0 Å². The molecule has 0 aromatic rings. The van der Waals surface area contributed by atoms with Crippen LogP contribution >= 0.6 is 0 Å². The molecule has 2 aliphatic rings. The molecule has 0 bridgehead atoms. The number of amides is 2. The van der Waals surface area contributed by atoms with Gasteiger partial charge < -0.3 is 15.5 Å². The van der Waals surface area contributed by atoms with Crippen LogP contribution in [0.15, 0.2) is 0 Å². The second-order valence-corrected chi connectivity index (χ2v) is 7.18. The highest BCUT2D eigenvalue weighted by molar-refractivity contribution is 5.84. The van der Waals surface area contributed by atoms with E-state index in [0.717, 1.165) is 50.7 Å². The third kappa shape index (κ3) is 6.50. The summed E-state index contributed by atoms with van der Waals surface area (Å²) in [5, 5.41) is 5.99. The Balaban J connectivity index is 1.56. The third-order valence-electron chi connectivity index (χ3n) is 5.46. The Labute approximate surface area is 140 Å². The van der Waals surface area contributed by atoms with E-state index in [0.29, 0.717) is 6.42 Å². The minimum absolute atomic E-state index is 0.0363. The van der Waals surface area contributed by atoms with Gasteiger partial charge in [-0.05, 0) is 51.1 Å². The number of carbonyl (C=O) groups excluding carboxylic acids is 2. The van der Waals surface area contributed by atoms with E-state index in [1.54, 1.807) is 0 Å². The summed E-state index contributed by atoms with van der Waals surface area (Å²) in [5.41, 5.74) is 0. The first kappa shape index (κ1) is 18.2. The average Bonchev–Trinajstić information content (AvgIpc) is 3.10. The fraction of sp³-hybridized carbons (Fsp3) is 0.889. The van der Waals surface area contributed by atoms with Crippen LogP contribution in [-0.2, 0) is 9.59 Å². The highest BCUT2D eigenvalue weighted by Crippen LogP contribution is 2.28. The number of likely N-dealkylation sites (tertiary alicyclic amines) is 1. The van der Waals surface area contributed by atoms with E-state index in [1.165, 1.54) is 32.1 Å². The van der Waals surface area contributed by atoms with E-state index >= 15 is 0 Å². The van der Waals surface area contributed by atoms with Crippen molar-refractivity contribution >= 4 is 11.8 Å². The number of hydrogen-bond donors (Lipinski definition) is 2. The number of nitrogens with zero attached hydrogens (tertiary/aromatic N) is 1. The molecule has 1 saturated carbocycles. The summed E-state index contributed by atoms with van der Waals surface area (Å²) in [6.45, 7) is 2.90. The maximum absolute atomic E-state index is 12.2. The average molecular weight is 323 g/mol. The molecule has 0 aromatic heterocycles. The molecule has 132 valence electrons. The van der Waals surface area contributed by atoms with Gasteiger partial charge in [0.05, 0.1) is 6.54 Å². The van der Waals surface area contributed by atoms with Gasteiger partial charge in [-0.2, -0.15) is 0 Å². The standard InChI is InChI=1S/C18H33N3O2/c1-19-11-8-16-9-12-21(13-10-16)18(23)14-20-17(22)7-6-15-4-2-3-5-15/h15-16,19H,2-14H2,1H3,(H,20,22). The summed E-state index contributed by atoms with van der Waals surface area (Å²) < 4.78 is 0. The van der Waals surface area contributed by atoms with Crippen LogP contribution in [-0.4, -0.2) is 49.9 Å². The smallest absolute Gasteiger partial charge is 0.241 e. The molecule has 1 aliphatic carbocycles. The largest absolute Gasteiger partial charge is 0.347 e. The highest BCUT2D eigenvalue weighted by Gasteiger charge is 2.22. The van der Waals surface area contributed by atoms with Gasteiger partial charge in [0.2, 0.25) is 11.8 Å². The molecule has 1 aliphatic heterocycles. The highest BCUT2D eigenvalue weighted by atomic mass is 16.2. The van der Waals surface area contributed by atoms with Crippen molar-refractivity contribution in [1.82, 2.24) is 15.5 Å². The summed E-state index contributed by atoms with van der Waals surface area (Å²) in [6, 6.07) is 0. The van der Waals surface area contributed by atoms with Gasteiger partial charge in [-0.3, -0.25) is 9.59 Å². The summed E-state index contributed by atoms with van der Waals surface area (Å²) >= 11 is 0. The molecule has 2 amide bonds. The van der Waals surface area contributed by atoms with Crippen molar-refractivity contribution in [2.45, 2.75) is 57.8 Å². The Bertz CT molecular complexity index is 372. The van der Waals surface area contributed by atoms with Crippen LogP contribution in [0, 0.1) is 11.8 Å². The molecular weight excluding hydrogens is 290 g/mol. The minimum atomic E-state index is 0.0363. The molecule has 0 aromatic carbocycles. The second kappa shape index (κ2) is 9.91. The monoisotopic (exact) mass is 323 g/mol. The third-order valence-corrected chi connectivity index (χ3v) is 5.46. The van der Waals surface area contributed by atoms with Crippen LogP contribution in [0.4, 0.5) is 0 Å². The van der Waals surface area contributed by atoms with Gasteiger partial charge in [0, 0.05) is 19.5 Å². The second-order valence-electron chi connectivity index (χ2n) is 7.18. The van der Waals surface area contributed by atoms with Gasteiger partial charge >= 0.3 is 0 Å². The van der Waals surface area contributed by atoms with Gasteiger partial charge in [-0.1, -0.05) is 25.7 Å². The van der Waals surface area contributed by atoms with Crippen LogP contribution in [0.1, 0.15) is 57.8 Å². The zero-order valence-electron chi connectivity index (χ0n) is 14.6. The van der Waals surface area contributed by atoms with Crippen LogP contribution in [0.25, 0.3) is 0 Å². The lowest BCUT2D eigenvalue weighted by molar-refractivity contribution is -0.134. The normalized spacial score (nSPS) is 20.0. The van der Waals surface area contributed by atoms with E-state index in [2.05, 4.69) is 10.6 Å². The van der Waals surface area contributed by atoms with Crippen molar-refractivity contribution in [3.63, 3.8) is 0 Å².